The van der Waals surface area contributed by atoms with Gasteiger partial charge in [0.1, 0.15) is 5.82 Å². The first kappa shape index (κ1) is 13.8. The van der Waals surface area contributed by atoms with Crippen molar-refractivity contribution in [3.05, 3.63) is 29.6 Å². The molecule has 0 spiro atoms. The van der Waals surface area contributed by atoms with E-state index in [0.29, 0.717) is 12.0 Å². The molecule has 0 nitrogen and oxygen atoms in total. The van der Waals surface area contributed by atoms with Crippen LogP contribution >= 0.6 is 27.7 Å². The first-order valence-corrected chi connectivity index (χ1v) is 6.46. The third kappa shape index (κ3) is 4.74. The number of hydrogen-bond acceptors (Lipinski definition) is 1. The van der Waals surface area contributed by atoms with Crippen LogP contribution in [0.5, 0.6) is 0 Å². The fourth-order valence-electron chi connectivity index (χ4n) is 1.18. The Morgan fingerprint density at radius 1 is 1.25 bits per heavy atom. The maximum atomic E-state index is 13.1. The van der Waals surface area contributed by atoms with E-state index in [2.05, 4.69) is 15.9 Å². The molecule has 0 saturated heterocycles. The standard InChI is InChI=1S/C10H9BrF4S/c11-5-1-2-7-3-4-8(12)9(6-7)16-10(13,14)15/h3-4,6H,1-2,5H2. The molecule has 0 aliphatic carbocycles. The molecular formula is C10H9BrF4S. The van der Waals surface area contributed by atoms with E-state index >= 15 is 0 Å². The summed E-state index contributed by atoms with van der Waals surface area (Å²) in [4.78, 5) is -0.362. The molecule has 0 fully saturated rings. The van der Waals surface area contributed by atoms with Crippen molar-refractivity contribution in [2.75, 3.05) is 5.33 Å². The molecule has 0 heterocycles. The topological polar surface area (TPSA) is 0 Å². The van der Waals surface area contributed by atoms with E-state index in [0.717, 1.165) is 17.8 Å². The van der Waals surface area contributed by atoms with Crippen LogP contribution in [0.15, 0.2) is 23.1 Å². The van der Waals surface area contributed by atoms with Crippen LogP contribution in [0.25, 0.3) is 0 Å². The van der Waals surface area contributed by atoms with Crippen molar-refractivity contribution in [2.24, 2.45) is 0 Å². The molecule has 0 aromatic heterocycles. The van der Waals surface area contributed by atoms with Gasteiger partial charge in [0.15, 0.2) is 0 Å². The number of halogens is 5. The molecule has 1 aromatic carbocycles. The van der Waals surface area contributed by atoms with Gasteiger partial charge >= 0.3 is 5.51 Å². The molecule has 0 aliphatic rings. The van der Waals surface area contributed by atoms with Gasteiger partial charge in [0.2, 0.25) is 0 Å². The summed E-state index contributed by atoms with van der Waals surface area (Å²) in [5, 5.41) is 0.770. The Morgan fingerprint density at radius 2 is 1.94 bits per heavy atom. The minimum absolute atomic E-state index is 0.362. The lowest BCUT2D eigenvalue weighted by atomic mass is 10.1. The van der Waals surface area contributed by atoms with Crippen molar-refractivity contribution in [1.82, 2.24) is 0 Å². The summed E-state index contributed by atoms with van der Waals surface area (Å²) in [5.41, 5.74) is -3.73. The molecule has 0 aliphatic heterocycles. The Labute approximate surface area is 104 Å². The van der Waals surface area contributed by atoms with Gasteiger partial charge in [0.25, 0.3) is 0 Å². The van der Waals surface area contributed by atoms with Crippen molar-refractivity contribution in [3.63, 3.8) is 0 Å². The molecule has 0 amide bonds. The Morgan fingerprint density at radius 3 is 2.50 bits per heavy atom. The lowest BCUT2D eigenvalue weighted by molar-refractivity contribution is -0.0329. The number of thioether (sulfide) groups is 1. The molecule has 16 heavy (non-hydrogen) atoms. The molecular weight excluding hydrogens is 308 g/mol. The number of alkyl halides is 4. The zero-order valence-electron chi connectivity index (χ0n) is 8.15. The van der Waals surface area contributed by atoms with E-state index in [4.69, 9.17) is 0 Å². The van der Waals surface area contributed by atoms with Gasteiger partial charge < -0.3 is 0 Å². The summed E-state index contributed by atoms with van der Waals surface area (Å²) in [6, 6.07) is 3.85. The highest BCUT2D eigenvalue weighted by Gasteiger charge is 2.30. The molecule has 0 unspecified atom stereocenters. The Hall–Kier alpha value is -0.230. The largest absolute Gasteiger partial charge is 0.446 e. The van der Waals surface area contributed by atoms with Crippen molar-refractivity contribution >= 4 is 27.7 Å². The average molecular weight is 317 g/mol. The van der Waals surface area contributed by atoms with Crippen LogP contribution in [-0.4, -0.2) is 10.8 Å². The van der Waals surface area contributed by atoms with Gasteiger partial charge in [-0.2, -0.15) is 13.2 Å². The Balaban J connectivity index is 2.82. The summed E-state index contributed by atoms with van der Waals surface area (Å²) in [5.74, 6) is -0.829. The number of benzene rings is 1. The highest BCUT2D eigenvalue weighted by atomic mass is 79.9. The quantitative estimate of drug-likeness (QED) is 0.438. The monoisotopic (exact) mass is 316 g/mol. The highest BCUT2D eigenvalue weighted by molar-refractivity contribution is 9.09. The molecule has 0 atom stereocenters. The third-order valence-electron chi connectivity index (χ3n) is 1.82. The zero-order valence-corrected chi connectivity index (χ0v) is 10.6. The lowest BCUT2D eigenvalue weighted by Gasteiger charge is -2.08. The van der Waals surface area contributed by atoms with Gasteiger partial charge in [0, 0.05) is 5.33 Å². The predicted octanol–water partition coefficient (Wildman–Crippen LogP) is 4.77. The summed E-state index contributed by atoms with van der Waals surface area (Å²) in [7, 11) is 0. The fraction of sp³-hybridized carbons (Fsp3) is 0.400. The van der Waals surface area contributed by atoms with Crippen molar-refractivity contribution in [3.8, 4) is 0 Å². The maximum Gasteiger partial charge on any atom is 0.446 e. The second-order valence-corrected chi connectivity index (χ2v) is 5.00. The number of rotatable bonds is 4. The van der Waals surface area contributed by atoms with Gasteiger partial charge in [-0.05, 0) is 42.3 Å². The molecule has 90 valence electrons. The van der Waals surface area contributed by atoms with E-state index in [9.17, 15) is 17.6 Å². The van der Waals surface area contributed by atoms with Gasteiger partial charge in [-0.15, -0.1) is 0 Å². The summed E-state index contributed by atoms with van der Waals surface area (Å²) in [6.45, 7) is 0. The SMILES string of the molecule is Fc1ccc(CCCBr)cc1SC(F)(F)F. The molecule has 6 heteroatoms. The van der Waals surface area contributed by atoms with Crippen LogP contribution in [0, 0.1) is 5.82 Å². The van der Waals surface area contributed by atoms with E-state index in [-0.39, 0.29) is 4.90 Å². The van der Waals surface area contributed by atoms with E-state index in [1.807, 2.05) is 0 Å². The lowest BCUT2D eigenvalue weighted by Crippen LogP contribution is -2.01. The minimum Gasteiger partial charge on any atom is -0.206 e. The van der Waals surface area contributed by atoms with E-state index in [1.54, 1.807) is 0 Å². The minimum atomic E-state index is -4.45. The van der Waals surface area contributed by atoms with Crippen LogP contribution in [0.2, 0.25) is 0 Å². The molecule has 0 saturated carbocycles. The Kier molecular flexibility index (Phi) is 5.11. The van der Waals surface area contributed by atoms with Crippen molar-refractivity contribution < 1.29 is 17.6 Å². The van der Waals surface area contributed by atoms with Crippen molar-refractivity contribution in [1.29, 1.82) is 0 Å². The number of hydrogen-bond donors (Lipinski definition) is 0. The van der Waals surface area contributed by atoms with E-state index < -0.39 is 23.1 Å². The Bertz CT molecular complexity index is 351. The van der Waals surface area contributed by atoms with Gasteiger partial charge in [-0.25, -0.2) is 4.39 Å². The smallest absolute Gasteiger partial charge is 0.206 e. The van der Waals surface area contributed by atoms with Crippen LogP contribution < -0.4 is 0 Å². The predicted molar refractivity (Wildman–Crippen MR) is 60.4 cm³/mol. The average Bonchev–Trinajstić information content (AvgIpc) is 2.17. The zero-order chi connectivity index (χ0) is 12.2. The van der Waals surface area contributed by atoms with Crippen LogP contribution in [0.1, 0.15) is 12.0 Å². The summed E-state index contributed by atoms with van der Waals surface area (Å²) < 4.78 is 49.4. The van der Waals surface area contributed by atoms with Gasteiger partial charge in [-0.3, -0.25) is 0 Å². The van der Waals surface area contributed by atoms with Crippen LogP contribution in [-0.2, 0) is 6.42 Å². The summed E-state index contributed by atoms with van der Waals surface area (Å²) in [6.07, 6.45) is 1.44. The normalized spacial score (nSPS) is 11.8. The first-order chi connectivity index (χ1) is 7.42. The van der Waals surface area contributed by atoms with Crippen LogP contribution in [0.3, 0.4) is 0 Å². The second kappa shape index (κ2) is 5.91. The number of aryl methyl sites for hydroxylation is 1. The summed E-state index contributed by atoms with van der Waals surface area (Å²) >= 11 is 2.82. The van der Waals surface area contributed by atoms with Crippen LogP contribution in [0.4, 0.5) is 17.6 Å². The van der Waals surface area contributed by atoms with E-state index in [1.165, 1.54) is 12.1 Å². The molecule has 1 rings (SSSR count). The molecule has 0 N–H and O–H groups in total. The molecule has 0 radical (unpaired) electrons. The van der Waals surface area contributed by atoms with Gasteiger partial charge in [0.05, 0.1) is 4.90 Å². The highest BCUT2D eigenvalue weighted by Crippen LogP contribution is 2.38. The second-order valence-electron chi connectivity index (χ2n) is 3.11. The first-order valence-electron chi connectivity index (χ1n) is 4.52. The molecule has 0 bridgehead atoms. The molecule has 1 aromatic rings. The van der Waals surface area contributed by atoms with Crippen molar-refractivity contribution in [2.45, 2.75) is 23.2 Å². The maximum absolute atomic E-state index is 13.1. The van der Waals surface area contributed by atoms with Gasteiger partial charge in [-0.1, -0.05) is 22.0 Å². The fourth-order valence-corrected chi connectivity index (χ4v) is 2.08. The third-order valence-corrected chi connectivity index (χ3v) is 3.15.